The van der Waals surface area contributed by atoms with Crippen molar-refractivity contribution in [3.8, 4) is 0 Å². The molecule has 0 aliphatic carbocycles. The van der Waals surface area contributed by atoms with Gasteiger partial charge in [-0.15, -0.1) is 0 Å². The van der Waals surface area contributed by atoms with E-state index in [4.69, 9.17) is 0 Å². The SMILES string of the molecule is CCN1CCN(CC(=O)N2CCCCC2C(=O)O)C(=O)C1=O. The summed E-state index contributed by atoms with van der Waals surface area (Å²) < 4.78 is 0. The van der Waals surface area contributed by atoms with Gasteiger partial charge in [0.2, 0.25) is 5.91 Å². The van der Waals surface area contributed by atoms with Crippen molar-refractivity contribution < 1.29 is 24.3 Å². The smallest absolute Gasteiger partial charge is 0.326 e. The number of likely N-dealkylation sites (N-methyl/N-ethyl adjacent to an activating group) is 1. The molecular formula is C14H21N3O5. The molecule has 22 heavy (non-hydrogen) atoms. The predicted octanol–water partition coefficient (Wildman–Crippen LogP) is -0.857. The van der Waals surface area contributed by atoms with E-state index >= 15 is 0 Å². The Bertz CT molecular complexity index is 493. The van der Waals surface area contributed by atoms with Crippen LogP contribution in [-0.2, 0) is 19.2 Å². The predicted molar refractivity (Wildman–Crippen MR) is 75.8 cm³/mol. The summed E-state index contributed by atoms with van der Waals surface area (Å²) in [6.07, 6.45) is 1.96. The summed E-state index contributed by atoms with van der Waals surface area (Å²) in [6.45, 7) is 3.10. The maximum Gasteiger partial charge on any atom is 0.326 e. The van der Waals surface area contributed by atoms with E-state index in [9.17, 15) is 24.3 Å². The van der Waals surface area contributed by atoms with E-state index in [0.29, 0.717) is 32.6 Å². The van der Waals surface area contributed by atoms with Crippen molar-refractivity contribution in [3.05, 3.63) is 0 Å². The fourth-order valence-electron chi connectivity index (χ4n) is 2.91. The first kappa shape index (κ1) is 16.3. The average Bonchev–Trinajstić information content (AvgIpc) is 2.52. The van der Waals surface area contributed by atoms with E-state index in [1.54, 1.807) is 6.92 Å². The Morgan fingerprint density at radius 1 is 1.09 bits per heavy atom. The number of rotatable bonds is 4. The molecule has 1 N–H and O–H groups in total. The maximum absolute atomic E-state index is 12.3. The zero-order valence-corrected chi connectivity index (χ0v) is 12.7. The number of likely N-dealkylation sites (tertiary alicyclic amines) is 1. The molecule has 8 nitrogen and oxygen atoms in total. The van der Waals surface area contributed by atoms with E-state index in [2.05, 4.69) is 0 Å². The van der Waals surface area contributed by atoms with Gasteiger partial charge in [0, 0.05) is 26.2 Å². The van der Waals surface area contributed by atoms with Crippen LogP contribution in [0.25, 0.3) is 0 Å². The minimum Gasteiger partial charge on any atom is -0.480 e. The molecule has 2 aliphatic heterocycles. The first-order valence-corrected chi connectivity index (χ1v) is 7.56. The molecule has 1 unspecified atom stereocenters. The minimum absolute atomic E-state index is 0.230. The van der Waals surface area contributed by atoms with Gasteiger partial charge >= 0.3 is 17.8 Å². The van der Waals surface area contributed by atoms with Crippen LogP contribution in [0.3, 0.4) is 0 Å². The van der Waals surface area contributed by atoms with Crippen LogP contribution in [0.4, 0.5) is 0 Å². The first-order chi connectivity index (χ1) is 10.5. The number of nitrogens with zero attached hydrogens (tertiary/aromatic N) is 3. The number of piperazine rings is 1. The van der Waals surface area contributed by atoms with Crippen molar-refractivity contribution in [1.29, 1.82) is 0 Å². The molecule has 0 aromatic rings. The Morgan fingerprint density at radius 3 is 2.36 bits per heavy atom. The Morgan fingerprint density at radius 2 is 1.73 bits per heavy atom. The number of carboxylic acids is 1. The fraction of sp³-hybridized carbons (Fsp3) is 0.714. The molecule has 8 heteroatoms. The van der Waals surface area contributed by atoms with Gasteiger partial charge in [-0.05, 0) is 26.2 Å². The average molecular weight is 311 g/mol. The lowest BCUT2D eigenvalue weighted by atomic mass is 10.0. The highest BCUT2D eigenvalue weighted by molar-refractivity contribution is 6.35. The highest BCUT2D eigenvalue weighted by Crippen LogP contribution is 2.18. The molecule has 0 bridgehead atoms. The molecule has 2 saturated heterocycles. The van der Waals surface area contributed by atoms with Crippen molar-refractivity contribution in [3.63, 3.8) is 0 Å². The van der Waals surface area contributed by atoms with E-state index in [0.717, 1.165) is 12.8 Å². The summed E-state index contributed by atoms with van der Waals surface area (Å²) in [4.78, 5) is 51.3. The van der Waals surface area contributed by atoms with Crippen LogP contribution in [0.5, 0.6) is 0 Å². The van der Waals surface area contributed by atoms with Gasteiger partial charge in [0.1, 0.15) is 12.6 Å². The van der Waals surface area contributed by atoms with Crippen molar-refractivity contribution >= 4 is 23.7 Å². The van der Waals surface area contributed by atoms with Crippen LogP contribution in [0.2, 0.25) is 0 Å². The Hall–Kier alpha value is -2.12. The number of amides is 3. The number of carbonyl (C=O) groups excluding carboxylic acids is 3. The van der Waals surface area contributed by atoms with E-state index in [1.807, 2.05) is 0 Å². The molecule has 2 aliphatic rings. The quantitative estimate of drug-likeness (QED) is 0.682. The van der Waals surface area contributed by atoms with E-state index < -0.39 is 29.7 Å². The van der Waals surface area contributed by atoms with Gasteiger partial charge in [-0.1, -0.05) is 0 Å². The lowest BCUT2D eigenvalue weighted by Gasteiger charge is -2.36. The normalized spacial score (nSPS) is 23.0. The third-order valence-corrected chi connectivity index (χ3v) is 4.21. The Labute approximate surface area is 128 Å². The van der Waals surface area contributed by atoms with Crippen LogP contribution >= 0.6 is 0 Å². The van der Waals surface area contributed by atoms with Gasteiger partial charge in [0.05, 0.1) is 0 Å². The molecule has 2 fully saturated rings. The highest BCUT2D eigenvalue weighted by Gasteiger charge is 2.36. The zero-order chi connectivity index (χ0) is 16.3. The van der Waals surface area contributed by atoms with Gasteiger partial charge in [0.25, 0.3) is 0 Å². The van der Waals surface area contributed by atoms with Gasteiger partial charge < -0.3 is 19.8 Å². The third-order valence-electron chi connectivity index (χ3n) is 4.21. The standard InChI is InChI=1S/C14H21N3O5/c1-2-15-7-8-16(13(20)12(15)19)9-11(18)17-6-4-3-5-10(17)14(21)22/h10H,2-9H2,1H3,(H,21,22). The maximum atomic E-state index is 12.3. The van der Waals surface area contributed by atoms with Crippen LogP contribution < -0.4 is 0 Å². The number of hydrogen-bond donors (Lipinski definition) is 1. The second kappa shape index (κ2) is 6.76. The molecule has 2 heterocycles. The summed E-state index contributed by atoms with van der Waals surface area (Å²) in [5, 5.41) is 9.19. The largest absolute Gasteiger partial charge is 0.480 e. The van der Waals surface area contributed by atoms with E-state index in [1.165, 1.54) is 14.7 Å². The molecule has 0 aromatic carbocycles. The first-order valence-electron chi connectivity index (χ1n) is 7.56. The summed E-state index contributed by atoms with van der Waals surface area (Å²) in [6, 6.07) is -0.830. The molecule has 0 saturated carbocycles. The Balaban J connectivity index is 2.00. The van der Waals surface area contributed by atoms with Gasteiger partial charge in [-0.2, -0.15) is 0 Å². The second-order valence-electron chi connectivity index (χ2n) is 5.55. The molecule has 2 rings (SSSR count). The molecule has 1 atom stereocenters. The van der Waals surface area contributed by atoms with Crippen LogP contribution in [0.15, 0.2) is 0 Å². The third kappa shape index (κ3) is 3.20. The number of piperidine rings is 1. The van der Waals surface area contributed by atoms with Gasteiger partial charge in [-0.25, -0.2) is 4.79 Å². The molecule has 0 radical (unpaired) electrons. The number of aliphatic carboxylic acids is 1. The second-order valence-corrected chi connectivity index (χ2v) is 5.55. The van der Waals surface area contributed by atoms with Crippen molar-refractivity contribution in [2.24, 2.45) is 0 Å². The summed E-state index contributed by atoms with van der Waals surface area (Å²) in [5.74, 6) is -2.72. The summed E-state index contributed by atoms with van der Waals surface area (Å²) in [7, 11) is 0. The molecule has 0 spiro atoms. The Kier molecular flexibility index (Phi) is 4.99. The van der Waals surface area contributed by atoms with Gasteiger partial charge in [-0.3, -0.25) is 14.4 Å². The van der Waals surface area contributed by atoms with Crippen molar-refractivity contribution in [2.45, 2.75) is 32.2 Å². The molecular weight excluding hydrogens is 290 g/mol. The van der Waals surface area contributed by atoms with Crippen molar-refractivity contribution in [1.82, 2.24) is 14.7 Å². The number of carboxylic acid groups (broad SMARTS) is 1. The summed E-state index contributed by atoms with van der Waals surface area (Å²) in [5.41, 5.74) is 0. The number of hydrogen-bond acceptors (Lipinski definition) is 4. The summed E-state index contributed by atoms with van der Waals surface area (Å²) >= 11 is 0. The topological polar surface area (TPSA) is 98.2 Å². The molecule has 122 valence electrons. The van der Waals surface area contributed by atoms with Crippen molar-refractivity contribution in [2.75, 3.05) is 32.7 Å². The van der Waals surface area contributed by atoms with Crippen LogP contribution in [-0.4, -0.2) is 82.3 Å². The van der Waals surface area contributed by atoms with E-state index in [-0.39, 0.29) is 6.54 Å². The lowest BCUT2D eigenvalue weighted by Crippen LogP contribution is -2.58. The van der Waals surface area contributed by atoms with Gasteiger partial charge in [0.15, 0.2) is 0 Å². The highest BCUT2D eigenvalue weighted by atomic mass is 16.4. The zero-order valence-electron chi connectivity index (χ0n) is 12.7. The monoisotopic (exact) mass is 311 g/mol. The molecule has 3 amide bonds. The minimum atomic E-state index is -1.02. The molecule has 0 aromatic heterocycles. The van der Waals surface area contributed by atoms with Crippen LogP contribution in [0.1, 0.15) is 26.2 Å². The fourth-order valence-corrected chi connectivity index (χ4v) is 2.91. The lowest BCUT2D eigenvalue weighted by molar-refractivity contribution is -0.159. The van der Waals surface area contributed by atoms with Crippen LogP contribution in [0, 0.1) is 0 Å². The number of carbonyl (C=O) groups is 4.